The van der Waals surface area contributed by atoms with Crippen LogP contribution in [0.3, 0.4) is 0 Å². The first-order valence-electron chi connectivity index (χ1n) is 22.4. The van der Waals surface area contributed by atoms with Crippen molar-refractivity contribution in [1.82, 2.24) is 9.80 Å². The highest BCUT2D eigenvalue weighted by molar-refractivity contribution is 5.95. The van der Waals surface area contributed by atoms with Gasteiger partial charge in [0.25, 0.3) is 11.8 Å². The topological polar surface area (TPSA) is 146 Å². The molecular formula is C53H64N2O9. The summed E-state index contributed by atoms with van der Waals surface area (Å²) < 4.78 is 17.7. The summed E-state index contributed by atoms with van der Waals surface area (Å²) >= 11 is 0. The fourth-order valence-corrected chi connectivity index (χ4v) is 7.68. The number of aromatic hydroxyl groups is 2. The van der Waals surface area contributed by atoms with Crippen molar-refractivity contribution in [3.05, 3.63) is 136 Å². The average Bonchev–Trinajstić information content (AvgIpc) is 3.29. The lowest BCUT2D eigenvalue weighted by Crippen LogP contribution is -2.32. The highest BCUT2D eigenvalue weighted by Crippen LogP contribution is 2.47. The van der Waals surface area contributed by atoms with Gasteiger partial charge in [0.1, 0.15) is 17.2 Å². The predicted octanol–water partition coefficient (Wildman–Crippen LogP) is 10.5. The number of carbonyl (C=O) groups is 3. The quantitative estimate of drug-likeness (QED) is 0.0488. The lowest BCUT2D eigenvalue weighted by molar-refractivity contribution is -0.139. The van der Waals surface area contributed by atoms with Crippen LogP contribution in [0.5, 0.6) is 17.2 Å². The van der Waals surface area contributed by atoms with Crippen LogP contribution in [0.2, 0.25) is 0 Å². The van der Waals surface area contributed by atoms with Gasteiger partial charge in [-0.05, 0) is 112 Å². The van der Waals surface area contributed by atoms with Gasteiger partial charge >= 0.3 is 5.97 Å². The number of aliphatic carboxylic acids is 1. The molecule has 0 saturated carbocycles. The molecule has 11 nitrogen and oxygen atoms in total. The number of amides is 2. The maximum absolute atomic E-state index is 14.0. The number of hydrogen-bond acceptors (Lipinski definition) is 8. The molecule has 0 aromatic heterocycles. The Hall–Kier alpha value is -6.17. The monoisotopic (exact) mass is 872 g/mol. The maximum atomic E-state index is 14.0. The van der Waals surface area contributed by atoms with Crippen LogP contribution < -0.4 is 4.74 Å². The number of aryl methyl sites for hydroxylation is 3. The first-order chi connectivity index (χ1) is 30.9. The van der Waals surface area contributed by atoms with Gasteiger partial charge in [0.15, 0.2) is 6.61 Å². The van der Waals surface area contributed by atoms with Gasteiger partial charge in [-0.15, -0.1) is 0 Å². The molecule has 0 aliphatic rings. The summed E-state index contributed by atoms with van der Waals surface area (Å²) in [6.45, 7) is 12.4. The molecule has 5 aromatic rings. The molecule has 0 unspecified atom stereocenters. The lowest BCUT2D eigenvalue weighted by Gasteiger charge is -2.26. The zero-order valence-electron chi connectivity index (χ0n) is 38.0. The molecule has 64 heavy (non-hydrogen) atoms. The molecule has 340 valence electrons. The first-order valence-corrected chi connectivity index (χ1v) is 22.4. The van der Waals surface area contributed by atoms with E-state index in [1.165, 1.54) is 0 Å². The molecule has 0 spiro atoms. The van der Waals surface area contributed by atoms with Crippen LogP contribution in [0.15, 0.2) is 97.1 Å². The predicted molar refractivity (Wildman–Crippen MR) is 251 cm³/mol. The zero-order valence-corrected chi connectivity index (χ0v) is 38.0. The summed E-state index contributed by atoms with van der Waals surface area (Å²) in [6, 6.07) is 29.0. The number of unbranched alkanes of at least 4 members (excludes halogenated alkanes) is 2. The fraction of sp³-hybridized carbons (Fsp3) is 0.377. The van der Waals surface area contributed by atoms with Crippen molar-refractivity contribution in [3.63, 3.8) is 0 Å². The number of phenols is 2. The van der Waals surface area contributed by atoms with Gasteiger partial charge in [0.2, 0.25) is 0 Å². The maximum Gasteiger partial charge on any atom is 0.341 e. The Morgan fingerprint density at radius 2 is 0.906 bits per heavy atom. The minimum Gasteiger partial charge on any atom is -0.507 e. The highest BCUT2D eigenvalue weighted by Gasteiger charge is 2.26. The molecule has 0 radical (unpaired) electrons. The van der Waals surface area contributed by atoms with Gasteiger partial charge in [-0.2, -0.15) is 0 Å². The number of benzene rings is 5. The number of phenolic OH excluding ortho intramolecular Hbond substituents is 2. The van der Waals surface area contributed by atoms with Crippen LogP contribution in [-0.2, 0) is 27.4 Å². The van der Waals surface area contributed by atoms with E-state index in [0.717, 1.165) is 42.4 Å². The zero-order chi connectivity index (χ0) is 46.0. The summed E-state index contributed by atoms with van der Waals surface area (Å²) in [5.41, 5.74) is 5.97. The average molecular weight is 873 g/mol. The van der Waals surface area contributed by atoms with Crippen molar-refractivity contribution in [2.45, 2.75) is 86.2 Å². The molecule has 0 bridgehead atoms. The minimum atomic E-state index is -1.21. The second kappa shape index (κ2) is 24.6. The van der Waals surface area contributed by atoms with E-state index in [9.17, 15) is 29.7 Å². The van der Waals surface area contributed by atoms with Crippen molar-refractivity contribution in [2.75, 3.05) is 46.1 Å². The Bertz CT molecular complexity index is 2160. The Kier molecular flexibility index (Phi) is 18.8. The summed E-state index contributed by atoms with van der Waals surface area (Å²) in [7, 11) is 0. The summed E-state index contributed by atoms with van der Waals surface area (Å²) in [5, 5.41) is 34.2. The van der Waals surface area contributed by atoms with Crippen molar-refractivity contribution in [3.8, 4) is 39.5 Å². The molecule has 0 atom stereocenters. The number of carboxylic acid groups (broad SMARTS) is 1. The van der Waals surface area contributed by atoms with E-state index in [1.54, 1.807) is 46.2 Å². The highest BCUT2D eigenvalue weighted by atomic mass is 16.5. The largest absolute Gasteiger partial charge is 0.507 e. The van der Waals surface area contributed by atoms with Crippen molar-refractivity contribution in [2.24, 2.45) is 0 Å². The molecule has 0 aliphatic heterocycles. The summed E-state index contributed by atoms with van der Waals surface area (Å²) in [4.78, 5) is 43.4. The number of carbonyl (C=O) groups excluding carboxylic acids is 2. The van der Waals surface area contributed by atoms with Crippen LogP contribution in [0, 0.1) is 20.8 Å². The molecule has 2 amide bonds. The van der Waals surface area contributed by atoms with E-state index in [1.807, 2.05) is 81.4 Å². The Labute approximate surface area is 378 Å². The molecule has 0 aliphatic carbocycles. The third-order valence-corrected chi connectivity index (χ3v) is 10.9. The second-order valence-corrected chi connectivity index (χ2v) is 16.3. The molecule has 0 heterocycles. The minimum absolute atomic E-state index is 0.0877. The van der Waals surface area contributed by atoms with E-state index in [0.29, 0.717) is 96.9 Å². The van der Waals surface area contributed by atoms with E-state index >= 15 is 0 Å². The molecular weight excluding hydrogens is 809 g/mol. The van der Waals surface area contributed by atoms with E-state index in [2.05, 4.69) is 13.8 Å². The Balaban J connectivity index is 1.57. The number of ether oxygens (including phenoxy) is 3. The van der Waals surface area contributed by atoms with Crippen LogP contribution >= 0.6 is 0 Å². The Morgan fingerprint density at radius 1 is 0.531 bits per heavy atom. The lowest BCUT2D eigenvalue weighted by atomic mass is 9.90. The van der Waals surface area contributed by atoms with Gasteiger partial charge in [-0.3, -0.25) is 9.59 Å². The molecule has 3 N–H and O–H groups in total. The van der Waals surface area contributed by atoms with Crippen LogP contribution in [0.25, 0.3) is 22.3 Å². The molecule has 5 rings (SSSR count). The van der Waals surface area contributed by atoms with Crippen LogP contribution in [-0.4, -0.2) is 89.0 Å². The Morgan fingerprint density at radius 3 is 1.30 bits per heavy atom. The second-order valence-electron chi connectivity index (χ2n) is 16.3. The SMILES string of the molecule is CCCCOCCCN(Cc1cc(C)cc(-c2cc(C)cc(-c3cc(C)cc(CN(CCCOCCCC)C(=O)c4ccccc4)c3O)c2OCC(=O)O)c1O)C(=O)c1ccccc1. The van der Waals surface area contributed by atoms with Gasteiger partial charge in [-0.1, -0.05) is 75.2 Å². The number of rotatable bonds is 25. The van der Waals surface area contributed by atoms with E-state index in [4.69, 9.17) is 14.2 Å². The summed E-state index contributed by atoms with van der Waals surface area (Å²) in [5.74, 6) is -1.60. The molecule has 0 fully saturated rings. The van der Waals surface area contributed by atoms with Crippen molar-refractivity contribution < 1.29 is 43.9 Å². The van der Waals surface area contributed by atoms with Gasteiger partial charge in [-0.25, -0.2) is 4.79 Å². The molecule has 0 saturated heterocycles. The smallest absolute Gasteiger partial charge is 0.341 e. The van der Waals surface area contributed by atoms with Crippen LogP contribution in [0.1, 0.15) is 101 Å². The van der Waals surface area contributed by atoms with Gasteiger partial charge in [0.05, 0.1) is 0 Å². The number of hydrogen-bond donors (Lipinski definition) is 3. The van der Waals surface area contributed by atoms with E-state index in [-0.39, 0.29) is 42.2 Å². The van der Waals surface area contributed by atoms with Gasteiger partial charge in [0, 0.05) is 97.1 Å². The third-order valence-electron chi connectivity index (χ3n) is 10.9. The normalized spacial score (nSPS) is 11.1. The number of carboxylic acids is 1. The fourth-order valence-electron chi connectivity index (χ4n) is 7.68. The summed E-state index contributed by atoms with van der Waals surface area (Å²) in [6.07, 6.45) is 5.17. The van der Waals surface area contributed by atoms with Gasteiger partial charge < -0.3 is 39.3 Å². The standard InChI is InChI=1S/C53H64N2O9/c1-6-8-24-62-26-16-22-54(52(60)40-18-12-10-13-19-40)34-42-28-37(3)30-44(49(42)58)46-32-39(5)33-47(51(46)64-36-48(56)57)45-31-38(4)29-43(50(45)59)35-55(23-17-27-63-25-9-7-2)53(61)41-20-14-11-15-21-41/h10-15,18-21,28-33,58-59H,6-9,16-17,22-27,34-36H2,1-5H3,(H,56,57). The first kappa shape index (κ1) is 48.9. The molecule has 5 aromatic carbocycles. The number of nitrogens with zero attached hydrogens (tertiary/aromatic N) is 2. The van der Waals surface area contributed by atoms with Crippen molar-refractivity contribution in [1.29, 1.82) is 0 Å². The van der Waals surface area contributed by atoms with Crippen molar-refractivity contribution >= 4 is 17.8 Å². The molecule has 11 heteroatoms. The van der Waals surface area contributed by atoms with Crippen LogP contribution in [0.4, 0.5) is 0 Å². The van der Waals surface area contributed by atoms with E-state index < -0.39 is 12.6 Å². The third kappa shape index (κ3) is 13.7.